The summed E-state index contributed by atoms with van der Waals surface area (Å²) in [5.41, 5.74) is 2.49. The van der Waals surface area contributed by atoms with E-state index in [1.807, 2.05) is 12.1 Å². The predicted molar refractivity (Wildman–Crippen MR) is 84.8 cm³/mol. The highest BCUT2D eigenvalue weighted by Crippen LogP contribution is 2.26. The number of carbonyl (C=O) groups is 1. The molecule has 0 aliphatic heterocycles. The number of alkyl halides is 3. The minimum absolute atomic E-state index is 0.893. The van der Waals surface area contributed by atoms with Crippen LogP contribution in [0.5, 0.6) is 5.75 Å². The predicted octanol–water partition coefficient (Wildman–Crippen LogP) is 4.60. The summed E-state index contributed by atoms with van der Waals surface area (Å²) < 4.78 is 38.1. The molecule has 2 rings (SSSR count). The van der Waals surface area contributed by atoms with Crippen molar-refractivity contribution in [2.45, 2.75) is 6.18 Å². The van der Waals surface area contributed by atoms with Crippen LogP contribution in [0.25, 0.3) is 11.1 Å². The van der Waals surface area contributed by atoms with Crippen molar-refractivity contribution in [3.63, 3.8) is 0 Å². The van der Waals surface area contributed by atoms with Gasteiger partial charge in [-0.3, -0.25) is 0 Å². The monoisotopic (exact) mass is 424 g/mol. The van der Waals surface area contributed by atoms with Crippen molar-refractivity contribution in [2.24, 2.45) is 0 Å². The Labute approximate surface area is 138 Å². The number of benzene rings is 2. The van der Waals surface area contributed by atoms with Crippen LogP contribution in [0.15, 0.2) is 48.5 Å². The number of rotatable bonds is 2. The fraction of sp³-hybridized carbons (Fsp3) is 0.133. The second kappa shape index (κ2) is 8.02. The van der Waals surface area contributed by atoms with Gasteiger partial charge in [-0.05, 0) is 51.9 Å². The first kappa shape index (κ1) is 18.3. The van der Waals surface area contributed by atoms with Gasteiger partial charge in [0.1, 0.15) is 5.75 Å². The van der Waals surface area contributed by atoms with E-state index in [1.54, 1.807) is 7.11 Å². The molecule has 3 nitrogen and oxygen atoms in total. The van der Waals surface area contributed by atoms with Gasteiger partial charge in [0.2, 0.25) is 0 Å². The van der Waals surface area contributed by atoms with E-state index in [4.69, 9.17) is 14.6 Å². The van der Waals surface area contributed by atoms with Gasteiger partial charge in [-0.25, -0.2) is 4.79 Å². The maximum absolute atomic E-state index is 10.6. The van der Waals surface area contributed by atoms with Gasteiger partial charge < -0.3 is 9.84 Å². The van der Waals surface area contributed by atoms with E-state index >= 15 is 0 Å². The van der Waals surface area contributed by atoms with Crippen LogP contribution in [-0.4, -0.2) is 24.4 Å². The summed E-state index contributed by atoms with van der Waals surface area (Å²) in [6.45, 7) is 0. The number of halogens is 4. The van der Waals surface area contributed by atoms with Crippen molar-refractivity contribution in [3.8, 4) is 16.9 Å². The van der Waals surface area contributed by atoms with Crippen LogP contribution in [0, 0.1) is 3.57 Å². The smallest absolute Gasteiger partial charge is 0.490 e. The highest BCUT2D eigenvalue weighted by molar-refractivity contribution is 14.1. The number of ether oxygens (including phenoxy) is 1. The number of methoxy groups -OCH3 is 1. The van der Waals surface area contributed by atoms with E-state index in [1.165, 1.54) is 14.7 Å². The summed E-state index contributed by atoms with van der Waals surface area (Å²) in [5, 5.41) is 7.12. The fourth-order valence-corrected chi connectivity index (χ4v) is 2.16. The standard InChI is InChI=1S/C13H11IO.C2HF3O2/c1-15-11-8-6-10(7-9-11)12-4-2-3-5-13(12)14;3-2(4,5)1(6)7/h2-9H,1H3;(H,6,7). The molecular weight excluding hydrogens is 412 g/mol. The second-order valence-corrected chi connectivity index (χ2v) is 5.17. The van der Waals surface area contributed by atoms with Crippen LogP contribution >= 0.6 is 22.6 Å². The minimum atomic E-state index is -5.08. The van der Waals surface area contributed by atoms with Crippen molar-refractivity contribution in [1.82, 2.24) is 0 Å². The number of carboxylic acids is 1. The summed E-state index contributed by atoms with van der Waals surface area (Å²) in [4.78, 5) is 8.90. The van der Waals surface area contributed by atoms with Crippen molar-refractivity contribution in [3.05, 3.63) is 52.1 Å². The highest BCUT2D eigenvalue weighted by atomic mass is 127. The van der Waals surface area contributed by atoms with Crippen LogP contribution in [-0.2, 0) is 4.79 Å². The SMILES string of the molecule is COc1ccc(-c2ccccc2I)cc1.O=C(O)C(F)(F)F. The van der Waals surface area contributed by atoms with Gasteiger partial charge in [0.15, 0.2) is 0 Å². The third-order valence-corrected chi connectivity index (χ3v) is 3.46. The molecule has 0 aliphatic rings. The van der Waals surface area contributed by atoms with E-state index in [0.29, 0.717) is 0 Å². The largest absolute Gasteiger partial charge is 0.497 e. The Bertz CT molecular complexity index is 625. The Kier molecular flexibility index (Phi) is 6.66. The van der Waals surface area contributed by atoms with Gasteiger partial charge in [-0.2, -0.15) is 13.2 Å². The molecule has 0 radical (unpaired) electrons. The molecule has 0 atom stereocenters. The Morgan fingerprint density at radius 3 is 2.00 bits per heavy atom. The summed E-state index contributed by atoms with van der Waals surface area (Å²) in [5.74, 6) is -1.86. The Morgan fingerprint density at radius 1 is 1.09 bits per heavy atom. The van der Waals surface area contributed by atoms with E-state index < -0.39 is 12.1 Å². The average Bonchev–Trinajstić information content (AvgIpc) is 2.47. The molecule has 0 aromatic heterocycles. The van der Waals surface area contributed by atoms with Crippen LogP contribution in [0.1, 0.15) is 0 Å². The number of carboxylic acid groups (broad SMARTS) is 1. The van der Waals surface area contributed by atoms with Gasteiger partial charge in [-0.1, -0.05) is 30.3 Å². The molecule has 22 heavy (non-hydrogen) atoms. The van der Waals surface area contributed by atoms with Gasteiger partial charge >= 0.3 is 12.1 Å². The van der Waals surface area contributed by atoms with E-state index in [0.717, 1.165) is 5.75 Å². The average molecular weight is 424 g/mol. The molecule has 0 heterocycles. The molecule has 0 saturated heterocycles. The van der Waals surface area contributed by atoms with Crippen molar-refractivity contribution >= 4 is 28.6 Å². The Morgan fingerprint density at radius 2 is 1.59 bits per heavy atom. The van der Waals surface area contributed by atoms with Crippen LogP contribution in [0.2, 0.25) is 0 Å². The second-order valence-electron chi connectivity index (χ2n) is 4.01. The zero-order valence-corrected chi connectivity index (χ0v) is 13.6. The molecular formula is C15H12F3IO3. The van der Waals surface area contributed by atoms with Gasteiger partial charge in [0, 0.05) is 3.57 Å². The Hall–Kier alpha value is -1.77. The molecule has 0 saturated carbocycles. The number of aliphatic carboxylic acids is 1. The molecule has 118 valence electrons. The first-order valence-corrected chi connectivity index (χ1v) is 7.02. The van der Waals surface area contributed by atoms with E-state index in [9.17, 15) is 13.2 Å². The van der Waals surface area contributed by atoms with Crippen molar-refractivity contribution in [1.29, 1.82) is 0 Å². The van der Waals surface area contributed by atoms with Crippen molar-refractivity contribution < 1.29 is 27.8 Å². The first-order chi connectivity index (χ1) is 10.3. The summed E-state index contributed by atoms with van der Waals surface area (Å²) in [6, 6.07) is 16.5. The molecule has 0 amide bonds. The maximum Gasteiger partial charge on any atom is 0.490 e. The zero-order chi connectivity index (χ0) is 16.8. The molecule has 1 N–H and O–H groups in total. The lowest BCUT2D eigenvalue weighted by Crippen LogP contribution is -2.21. The molecule has 0 bridgehead atoms. The lowest BCUT2D eigenvalue weighted by Gasteiger charge is -2.05. The third kappa shape index (κ3) is 5.55. The van der Waals surface area contributed by atoms with Crippen LogP contribution < -0.4 is 4.74 Å². The van der Waals surface area contributed by atoms with Crippen LogP contribution in [0.4, 0.5) is 13.2 Å². The maximum atomic E-state index is 10.6. The lowest BCUT2D eigenvalue weighted by molar-refractivity contribution is -0.192. The summed E-state index contributed by atoms with van der Waals surface area (Å²) in [7, 11) is 1.68. The van der Waals surface area contributed by atoms with Crippen molar-refractivity contribution in [2.75, 3.05) is 7.11 Å². The molecule has 0 fully saturated rings. The fourth-order valence-electron chi connectivity index (χ4n) is 1.47. The molecule has 0 spiro atoms. The summed E-state index contributed by atoms with van der Waals surface area (Å²) >= 11 is 2.35. The van der Waals surface area contributed by atoms with Crippen LogP contribution in [0.3, 0.4) is 0 Å². The normalized spacial score (nSPS) is 10.4. The molecule has 2 aromatic carbocycles. The Balaban J connectivity index is 0.000000295. The first-order valence-electron chi connectivity index (χ1n) is 5.94. The zero-order valence-electron chi connectivity index (χ0n) is 11.4. The lowest BCUT2D eigenvalue weighted by atomic mass is 10.1. The van der Waals surface area contributed by atoms with Gasteiger partial charge in [0.25, 0.3) is 0 Å². The van der Waals surface area contributed by atoms with E-state index in [2.05, 4.69) is 59.0 Å². The third-order valence-electron chi connectivity index (χ3n) is 2.52. The van der Waals surface area contributed by atoms with E-state index in [-0.39, 0.29) is 0 Å². The van der Waals surface area contributed by atoms with Gasteiger partial charge in [0.05, 0.1) is 7.11 Å². The molecule has 0 unspecified atom stereocenters. The molecule has 2 aromatic rings. The minimum Gasteiger partial charge on any atom is -0.497 e. The molecule has 7 heteroatoms. The topological polar surface area (TPSA) is 46.5 Å². The quantitative estimate of drug-likeness (QED) is 0.718. The highest BCUT2D eigenvalue weighted by Gasteiger charge is 2.38. The number of hydrogen-bond acceptors (Lipinski definition) is 2. The van der Waals surface area contributed by atoms with Gasteiger partial charge in [-0.15, -0.1) is 0 Å². The summed E-state index contributed by atoms with van der Waals surface area (Å²) in [6.07, 6.45) is -5.08. The number of hydrogen-bond donors (Lipinski definition) is 1. The molecule has 0 aliphatic carbocycles.